The van der Waals surface area contributed by atoms with Gasteiger partial charge in [0.1, 0.15) is 0 Å². The average molecular weight is 296 g/mol. The Morgan fingerprint density at radius 3 is 2.57 bits per heavy atom. The number of urea groups is 1. The average Bonchev–Trinajstić information content (AvgIpc) is 2.53. The second kappa shape index (κ2) is 7.14. The molecule has 1 saturated carbocycles. The number of carbonyl (C=O) groups excluding carboxylic acids is 1. The standard InChI is InChI=1S/C16H28N2O3/c1-2-13-7-6-10-18(11-13)15(21)17-12-16(14(19)20)8-4-3-5-9-16/h13H,2-12H2,1H3,(H,17,21)(H,19,20). The van der Waals surface area contributed by atoms with Gasteiger partial charge in [-0.25, -0.2) is 4.79 Å². The molecular weight excluding hydrogens is 268 g/mol. The van der Waals surface area contributed by atoms with Gasteiger partial charge in [0.05, 0.1) is 5.41 Å². The lowest BCUT2D eigenvalue weighted by Gasteiger charge is -2.36. The van der Waals surface area contributed by atoms with Gasteiger partial charge in [-0.15, -0.1) is 0 Å². The zero-order valence-corrected chi connectivity index (χ0v) is 13.1. The maximum atomic E-state index is 12.3. The molecule has 2 amide bonds. The summed E-state index contributed by atoms with van der Waals surface area (Å²) in [6.45, 7) is 4.03. The van der Waals surface area contributed by atoms with Gasteiger partial charge in [-0.05, 0) is 31.6 Å². The molecule has 2 rings (SSSR count). The van der Waals surface area contributed by atoms with Gasteiger partial charge in [-0.2, -0.15) is 0 Å². The molecule has 5 nitrogen and oxygen atoms in total. The summed E-state index contributed by atoms with van der Waals surface area (Å²) in [7, 11) is 0. The Hall–Kier alpha value is -1.26. The van der Waals surface area contributed by atoms with E-state index in [9.17, 15) is 14.7 Å². The number of likely N-dealkylation sites (tertiary alicyclic amines) is 1. The molecule has 0 radical (unpaired) electrons. The van der Waals surface area contributed by atoms with Crippen LogP contribution >= 0.6 is 0 Å². The van der Waals surface area contributed by atoms with E-state index in [0.29, 0.717) is 18.8 Å². The van der Waals surface area contributed by atoms with E-state index in [1.54, 1.807) is 0 Å². The Bertz CT molecular complexity index is 378. The van der Waals surface area contributed by atoms with E-state index in [-0.39, 0.29) is 12.6 Å². The van der Waals surface area contributed by atoms with E-state index in [1.807, 2.05) is 4.90 Å². The summed E-state index contributed by atoms with van der Waals surface area (Å²) >= 11 is 0. The van der Waals surface area contributed by atoms with Crippen LogP contribution in [-0.4, -0.2) is 41.6 Å². The summed E-state index contributed by atoms with van der Waals surface area (Å²) < 4.78 is 0. The fourth-order valence-electron chi connectivity index (χ4n) is 3.63. The van der Waals surface area contributed by atoms with Crippen LogP contribution in [0.5, 0.6) is 0 Å². The minimum Gasteiger partial charge on any atom is -0.481 e. The summed E-state index contributed by atoms with van der Waals surface area (Å²) in [6, 6.07) is -0.0839. The van der Waals surface area contributed by atoms with Gasteiger partial charge in [0.2, 0.25) is 0 Å². The molecule has 0 spiro atoms. The fourth-order valence-corrected chi connectivity index (χ4v) is 3.63. The zero-order chi connectivity index (χ0) is 15.3. The normalized spacial score (nSPS) is 25.4. The van der Waals surface area contributed by atoms with Gasteiger partial charge in [-0.1, -0.05) is 32.6 Å². The first-order chi connectivity index (χ1) is 10.1. The van der Waals surface area contributed by atoms with Crippen molar-refractivity contribution in [1.29, 1.82) is 0 Å². The third-order valence-corrected chi connectivity index (χ3v) is 5.23. The second-order valence-electron chi connectivity index (χ2n) is 6.67. The highest BCUT2D eigenvalue weighted by atomic mass is 16.4. The second-order valence-corrected chi connectivity index (χ2v) is 6.67. The molecule has 21 heavy (non-hydrogen) atoms. The van der Waals surface area contributed by atoms with Gasteiger partial charge in [-0.3, -0.25) is 4.79 Å². The molecule has 1 aliphatic carbocycles. The van der Waals surface area contributed by atoms with E-state index in [1.165, 1.54) is 6.42 Å². The predicted molar refractivity (Wildman–Crippen MR) is 81.1 cm³/mol. The summed E-state index contributed by atoms with van der Waals surface area (Å²) in [5.41, 5.74) is -0.742. The smallest absolute Gasteiger partial charge is 0.317 e. The third kappa shape index (κ3) is 3.89. The Labute approximate surface area is 127 Å². The first-order valence-electron chi connectivity index (χ1n) is 8.33. The number of aliphatic carboxylic acids is 1. The highest BCUT2D eigenvalue weighted by molar-refractivity contribution is 5.78. The molecule has 1 heterocycles. The molecule has 2 aliphatic rings. The van der Waals surface area contributed by atoms with Crippen LogP contribution < -0.4 is 5.32 Å². The SMILES string of the molecule is CCC1CCCN(C(=O)NCC2(C(=O)O)CCCCC2)C1. The van der Waals surface area contributed by atoms with Gasteiger partial charge < -0.3 is 15.3 Å². The Morgan fingerprint density at radius 2 is 1.95 bits per heavy atom. The highest BCUT2D eigenvalue weighted by Gasteiger charge is 2.40. The lowest BCUT2D eigenvalue weighted by atomic mass is 9.74. The molecule has 2 fully saturated rings. The molecule has 1 aliphatic heterocycles. The van der Waals surface area contributed by atoms with E-state index in [4.69, 9.17) is 0 Å². The number of amides is 2. The number of piperidine rings is 1. The summed E-state index contributed by atoms with van der Waals surface area (Å²) in [6.07, 6.45) is 7.71. The molecule has 0 aromatic rings. The zero-order valence-electron chi connectivity index (χ0n) is 13.1. The van der Waals surface area contributed by atoms with E-state index < -0.39 is 11.4 Å². The molecular formula is C16H28N2O3. The molecule has 1 saturated heterocycles. The molecule has 0 bridgehead atoms. The third-order valence-electron chi connectivity index (χ3n) is 5.23. The van der Waals surface area contributed by atoms with Crippen molar-refractivity contribution in [1.82, 2.24) is 10.2 Å². The number of carboxylic acid groups (broad SMARTS) is 1. The molecule has 0 aromatic heterocycles. The van der Waals surface area contributed by atoms with Gasteiger partial charge in [0.15, 0.2) is 0 Å². The Balaban J connectivity index is 1.88. The maximum absolute atomic E-state index is 12.3. The van der Waals surface area contributed by atoms with E-state index in [0.717, 1.165) is 45.2 Å². The van der Waals surface area contributed by atoms with E-state index in [2.05, 4.69) is 12.2 Å². The molecule has 1 atom stereocenters. The van der Waals surface area contributed by atoms with Gasteiger partial charge in [0, 0.05) is 19.6 Å². The first-order valence-corrected chi connectivity index (χ1v) is 8.33. The van der Waals surface area contributed by atoms with Crippen LogP contribution in [0, 0.1) is 11.3 Å². The van der Waals surface area contributed by atoms with Crippen LogP contribution in [0.25, 0.3) is 0 Å². The minimum atomic E-state index is -0.757. The van der Waals surface area contributed by atoms with Crippen molar-refractivity contribution in [3.8, 4) is 0 Å². The topological polar surface area (TPSA) is 69.6 Å². The van der Waals surface area contributed by atoms with Crippen molar-refractivity contribution >= 4 is 12.0 Å². The highest BCUT2D eigenvalue weighted by Crippen LogP contribution is 2.36. The fraction of sp³-hybridized carbons (Fsp3) is 0.875. The number of nitrogens with one attached hydrogen (secondary N) is 1. The summed E-state index contributed by atoms with van der Waals surface area (Å²) in [5, 5.41) is 12.4. The Morgan fingerprint density at radius 1 is 1.24 bits per heavy atom. The van der Waals surface area contributed by atoms with Crippen LogP contribution in [0.1, 0.15) is 58.3 Å². The van der Waals surface area contributed by atoms with Gasteiger partial charge in [0.25, 0.3) is 0 Å². The summed E-state index contributed by atoms with van der Waals surface area (Å²) in [5.74, 6) is -0.166. The van der Waals surface area contributed by atoms with Crippen molar-refractivity contribution in [2.24, 2.45) is 11.3 Å². The van der Waals surface area contributed by atoms with Crippen LogP contribution in [0.2, 0.25) is 0 Å². The van der Waals surface area contributed by atoms with Crippen molar-refractivity contribution in [2.75, 3.05) is 19.6 Å². The lowest BCUT2D eigenvalue weighted by Crippen LogP contribution is -2.50. The first kappa shape index (κ1) is 16.1. The Kier molecular flexibility index (Phi) is 5.48. The van der Waals surface area contributed by atoms with Crippen molar-refractivity contribution in [2.45, 2.75) is 58.3 Å². The van der Waals surface area contributed by atoms with Crippen LogP contribution in [0.4, 0.5) is 4.79 Å². The number of carboxylic acids is 1. The predicted octanol–water partition coefficient (Wildman–Crippen LogP) is 2.85. The monoisotopic (exact) mass is 296 g/mol. The maximum Gasteiger partial charge on any atom is 0.317 e. The number of carbonyl (C=O) groups is 2. The molecule has 120 valence electrons. The molecule has 0 aromatic carbocycles. The lowest BCUT2D eigenvalue weighted by molar-refractivity contribution is -0.150. The minimum absolute atomic E-state index is 0.0839. The van der Waals surface area contributed by atoms with Crippen molar-refractivity contribution in [3.05, 3.63) is 0 Å². The van der Waals surface area contributed by atoms with Crippen LogP contribution in [0.15, 0.2) is 0 Å². The number of hydrogen-bond donors (Lipinski definition) is 2. The van der Waals surface area contributed by atoms with Crippen molar-refractivity contribution in [3.63, 3.8) is 0 Å². The van der Waals surface area contributed by atoms with E-state index >= 15 is 0 Å². The van der Waals surface area contributed by atoms with Gasteiger partial charge >= 0.3 is 12.0 Å². The van der Waals surface area contributed by atoms with Crippen LogP contribution in [-0.2, 0) is 4.79 Å². The van der Waals surface area contributed by atoms with Crippen LogP contribution in [0.3, 0.4) is 0 Å². The quantitative estimate of drug-likeness (QED) is 0.838. The number of hydrogen-bond acceptors (Lipinski definition) is 2. The molecule has 1 unspecified atom stereocenters. The molecule has 5 heteroatoms. The number of nitrogens with zero attached hydrogens (tertiary/aromatic N) is 1. The summed E-state index contributed by atoms with van der Waals surface area (Å²) in [4.78, 5) is 25.7. The number of rotatable bonds is 4. The largest absolute Gasteiger partial charge is 0.481 e. The van der Waals surface area contributed by atoms with Crippen molar-refractivity contribution < 1.29 is 14.7 Å². The molecule has 2 N–H and O–H groups in total.